The fourth-order valence-corrected chi connectivity index (χ4v) is 2.97. The van der Waals surface area contributed by atoms with Crippen LogP contribution in [-0.2, 0) is 9.59 Å². The van der Waals surface area contributed by atoms with Crippen LogP contribution in [-0.4, -0.2) is 63.7 Å². The van der Waals surface area contributed by atoms with Gasteiger partial charge in [-0.1, -0.05) is 26.7 Å². The first-order valence-corrected chi connectivity index (χ1v) is 8.03. The van der Waals surface area contributed by atoms with Crippen molar-refractivity contribution in [3.63, 3.8) is 0 Å². The first kappa shape index (κ1) is 19.9. The molecule has 8 nitrogen and oxygen atoms in total. The summed E-state index contributed by atoms with van der Waals surface area (Å²) in [5.74, 6) is -1.69. The Bertz CT molecular complexity index is 437. The molecule has 0 radical (unpaired) electrons. The molecule has 23 heavy (non-hydrogen) atoms. The van der Waals surface area contributed by atoms with Crippen molar-refractivity contribution in [2.24, 2.45) is 23.3 Å². The van der Waals surface area contributed by atoms with E-state index in [2.05, 4.69) is 0 Å². The van der Waals surface area contributed by atoms with Crippen LogP contribution in [0.15, 0.2) is 0 Å². The van der Waals surface area contributed by atoms with Crippen LogP contribution in [0.2, 0.25) is 6.32 Å². The van der Waals surface area contributed by atoms with Gasteiger partial charge in [0, 0.05) is 13.1 Å². The minimum Gasteiger partial charge on any atom is -0.480 e. The summed E-state index contributed by atoms with van der Waals surface area (Å²) in [6.45, 7) is 4.06. The van der Waals surface area contributed by atoms with E-state index in [-0.39, 0.29) is 37.0 Å². The highest BCUT2D eigenvalue weighted by atomic mass is 16.4. The molecule has 9 heteroatoms. The number of carbonyl (C=O) groups excluding carboxylic acids is 1. The monoisotopic (exact) mass is 329 g/mol. The lowest BCUT2D eigenvalue weighted by Gasteiger charge is -2.43. The molecule has 1 rings (SSSR count). The molecule has 0 aromatic heterocycles. The third-order valence-electron chi connectivity index (χ3n) is 4.72. The summed E-state index contributed by atoms with van der Waals surface area (Å²) in [6, 6.07) is -0.694. The first-order valence-electron chi connectivity index (χ1n) is 8.03. The highest BCUT2D eigenvalue weighted by Gasteiger charge is 2.45. The van der Waals surface area contributed by atoms with Crippen molar-refractivity contribution in [2.45, 2.75) is 51.0 Å². The van der Waals surface area contributed by atoms with Gasteiger partial charge in [0.15, 0.2) is 0 Å². The Morgan fingerprint density at radius 3 is 2.52 bits per heavy atom. The molecule has 1 aliphatic heterocycles. The molecule has 0 aromatic rings. The summed E-state index contributed by atoms with van der Waals surface area (Å²) in [5.41, 5.74) is 10.4. The number of likely N-dealkylation sites (tertiary alicyclic amines) is 1. The van der Waals surface area contributed by atoms with Crippen molar-refractivity contribution < 1.29 is 24.7 Å². The molecule has 0 aromatic carbocycles. The van der Waals surface area contributed by atoms with Crippen LogP contribution in [0.25, 0.3) is 0 Å². The zero-order valence-electron chi connectivity index (χ0n) is 13.8. The van der Waals surface area contributed by atoms with E-state index in [0.717, 1.165) is 6.42 Å². The van der Waals surface area contributed by atoms with E-state index in [1.54, 1.807) is 0 Å². The molecule has 1 heterocycles. The third kappa shape index (κ3) is 5.17. The van der Waals surface area contributed by atoms with Gasteiger partial charge < -0.3 is 31.5 Å². The molecule has 4 atom stereocenters. The van der Waals surface area contributed by atoms with E-state index < -0.39 is 24.7 Å². The van der Waals surface area contributed by atoms with Gasteiger partial charge in [-0.25, -0.2) is 0 Å². The van der Waals surface area contributed by atoms with Crippen LogP contribution in [0.3, 0.4) is 0 Å². The lowest BCUT2D eigenvalue weighted by molar-refractivity contribution is -0.150. The quantitative estimate of drug-likeness (QED) is 0.370. The molecule has 0 saturated carbocycles. The molecule has 1 aliphatic rings. The number of carboxylic acid groups (broad SMARTS) is 1. The van der Waals surface area contributed by atoms with Gasteiger partial charge >= 0.3 is 13.1 Å². The van der Waals surface area contributed by atoms with Crippen LogP contribution in [0.5, 0.6) is 0 Å². The molecule has 0 bridgehead atoms. The molecular weight excluding hydrogens is 301 g/mol. The van der Waals surface area contributed by atoms with E-state index in [4.69, 9.17) is 21.5 Å². The maximum absolute atomic E-state index is 12.5. The molecule has 0 aliphatic carbocycles. The average Bonchev–Trinajstić information content (AvgIpc) is 2.50. The SMILES string of the molecule is CCC(C)C(N)C(=O)N1C[C@@H](CCB(O)O)C[C@](N)(C(=O)O)C1. The number of carboxylic acids is 1. The highest BCUT2D eigenvalue weighted by molar-refractivity contribution is 6.40. The predicted molar refractivity (Wildman–Crippen MR) is 86.3 cm³/mol. The zero-order valence-corrected chi connectivity index (χ0v) is 13.8. The summed E-state index contributed by atoms with van der Waals surface area (Å²) in [6.07, 6.45) is 1.43. The minimum absolute atomic E-state index is 0.0147. The molecule has 0 spiro atoms. The molecule has 2 unspecified atom stereocenters. The van der Waals surface area contributed by atoms with Crippen molar-refractivity contribution in [2.75, 3.05) is 13.1 Å². The second-order valence-electron chi connectivity index (χ2n) is 6.72. The molecule has 7 N–H and O–H groups in total. The topological polar surface area (TPSA) is 150 Å². The van der Waals surface area contributed by atoms with Gasteiger partial charge in [0.25, 0.3) is 0 Å². The normalized spacial score (nSPS) is 27.4. The Kier molecular flexibility index (Phi) is 7.00. The maximum Gasteiger partial charge on any atom is 0.451 e. The largest absolute Gasteiger partial charge is 0.480 e. The number of carbonyl (C=O) groups is 2. The van der Waals surface area contributed by atoms with Gasteiger partial charge in [0.2, 0.25) is 5.91 Å². The summed E-state index contributed by atoms with van der Waals surface area (Å²) >= 11 is 0. The van der Waals surface area contributed by atoms with Gasteiger partial charge in [-0.05, 0) is 24.6 Å². The molecule has 1 saturated heterocycles. The summed E-state index contributed by atoms with van der Waals surface area (Å²) in [4.78, 5) is 25.5. The Balaban J connectivity index is 2.88. The fourth-order valence-electron chi connectivity index (χ4n) is 2.97. The maximum atomic E-state index is 12.5. The van der Waals surface area contributed by atoms with Gasteiger partial charge in [0.1, 0.15) is 5.54 Å². The molecule has 132 valence electrons. The number of piperidine rings is 1. The Hall–Kier alpha value is -1.16. The minimum atomic E-state index is -1.53. The second kappa shape index (κ2) is 8.10. The van der Waals surface area contributed by atoms with Gasteiger partial charge in [-0.15, -0.1) is 0 Å². The summed E-state index contributed by atoms with van der Waals surface area (Å²) < 4.78 is 0. The third-order valence-corrected chi connectivity index (χ3v) is 4.72. The zero-order chi connectivity index (χ0) is 17.8. The molecule has 1 fully saturated rings. The van der Waals surface area contributed by atoms with Crippen LogP contribution < -0.4 is 11.5 Å². The van der Waals surface area contributed by atoms with E-state index in [0.29, 0.717) is 13.0 Å². The average molecular weight is 329 g/mol. The smallest absolute Gasteiger partial charge is 0.451 e. The fraction of sp³-hybridized carbons (Fsp3) is 0.857. The summed E-state index contributed by atoms with van der Waals surface area (Å²) in [7, 11) is -1.46. The first-order chi connectivity index (χ1) is 10.6. The number of hydrogen-bond donors (Lipinski definition) is 5. The standard InChI is InChI=1S/C14H28BN3O5/c1-3-9(2)11(16)12(19)18-7-10(4-5-15(22)23)6-14(17,8-18)13(20)21/h9-11,22-23H,3-8,16-17H2,1-2H3,(H,20,21)/t9?,10-,11?,14+/m0/s1. The number of aliphatic carboxylic acids is 1. The predicted octanol–water partition coefficient (Wildman–Crippen LogP) is -1.15. The van der Waals surface area contributed by atoms with E-state index in [1.165, 1.54) is 4.90 Å². The number of nitrogens with two attached hydrogens (primary N) is 2. The van der Waals surface area contributed by atoms with E-state index >= 15 is 0 Å². The molecular formula is C14H28BN3O5. The Labute approximate surface area is 137 Å². The van der Waals surface area contributed by atoms with Crippen LogP contribution in [0, 0.1) is 11.8 Å². The van der Waals surface area contributed by atoms with Crippen molar-refractivity contribution in [3.05, 3.63) is 0 Å². The van der Waals surface area contributed by atoms with Crippen molar-refractivity contribution in [3.8, 4) is 0 Å². The Morgan fingerprint density at radius 1 is 1.43 bits per heavy atom. The number of amides is 1. The van der Waals surface area contributed by atoms with Crippen LogP contribution in [0.4, 0.5) is 0 Å². The molecule has 1 amide bonds. The Morgan fingerprint density at radius 2 is 2.04 bits per heavy atom. The van der Waals surface area contributed by atoms with Crippen LogP contribution >= 0.6 is 0 Å². The van der Waals surface area contributed by atoms with Crippen molar-refractivity contribution >= 4 is 19.0 Å². The number of rotatable bonds is 7. The van der Waals surface area contributed by atoms with Crippen molar-refractivity contribution in [1.82, 2.24) is 4.90 Å². The van der Waals surface area contributed by atoms with Gasteiger partial charge in [-0.3, -0.25) is 9.59 Å². The lowest BCUT2D eigenvalue weighted by Crippen LogP contribution is -2.64. The highest BCUT2D eigenvalue weighted by Crippen LogP contribution is 2.28. The summed E-state index contributed by atoms with van der Waals surface area (Å²) in [5, 5.41) is 27.4. The van der Waals surface area contributed by atoms with Crippen LogP contribution in [0.1, 0.15) is 33.1 Å². The van der Waals surface area contributed by atoms with Gasteiger partial charge in [-0.2, -0.15) is 0 Å². The van der Waals surface area contributed by atoms with Crippen molar-refractivity contribution in [1.29, 1.82) is 0 Å². The second-order valence-corrected chi connectivity index (χ2v) is 6.72. The van der Waals surface area contributed by atoms with E-state index in [1.807, 2.05) is 13.8 Å². The lowest BCUT2D eigenvalue weighted by atomic mass is 9.75. The van der Waals surface area contributed by atoms with E-state index in [9.17, 15) is 14.7 Å². The number of nitrogens with zero attached hydrogens (tertiary/aromatic N) is 1. The number of hydrogen-bond acceptors (Lipinski definition) is 6. The van der Waals surface area contributed by atoms with Gasteiger partial charge in [0.05, 0.1) is 6.04 Å².